The molecule has 6 heteroatoms. The quantitative estimate of drug-likeness (QED) is 0.849. The van der Waals surface area contributed by atoms with Crippen LogP contribution in [0.3, 0.4) is 0 Å². The van der Waals surface area contributed by atoms with Gasteiger partial charge < -0.3 is 15.0 Å². The maximum atomic E-state index is 11.6. The molecule has 1 amide bonds. The van der Waals surface area contributed by atoms with Gasteiger partial charge in [0, 0.05) is 26.3 Å². The van der Waals surface area contributed by atoms with E-state index in [-0.39, 0.29) is 0 Å². The number of amides is 1. The normalized spacial score (nSPS) is 18.9. The van der Waals surface area contributed by atoms with Gasteiger partial charge in [-0.1, -0.05) is 11.6 Å². The van der Waals surface area contributed by atoms with Crippen molar-refractivity contribution in [3.63, 3.8) is 0 Å². The zero-order chi connectivity index (χ0) is 14.3. The summed E-state index contributed by atoms with van der Waals surface area (Å²) in [6.45, 7) is 1.49. The molecule has 106 valence electrons. The Morgan fingerprint density at radius 1 is 1.30 bits per heavy atom. The van der Waals surface area contributed by atoms with Crippen LogP contribution >= 0.6 is 11.6 Å². The first kappa shape index (κ1) is 13.4. The Labute approximate surface area is 121 Å². The van der Waals surface area contributed by atoms with Crippen LogP contribution in [0.5, 0.6) is 0 Å². The molecule has 0 atom stereocenters. The number of carbonyl (C=O) groups is 2. The summed E-state index contributed by atoms with van der Waals surface area (Å²) < 4.78 is 5.36. The Morgan fingerprint density at radius 3 is 2.70 bits per heavy atom. The number of benzene rings is 1. The molecule has 2 aliphatic rings. The topological polar surface area (TPSA) is 58.6 Å². The van der Waals surface area contributed by atoms with Gasteiger partial charge in [-0.25, -0.2) is 0 Å². The molecule has 0 saturated carbocycles. The third kappa shape index (κ3) is 2.17. The monoisotopic (exact) mass is 294 g/mol. The van der Waals surface area contributed by atoms with Gasteiger partial charge in [-0.3, -0.25) is 9.59 Å². The second-order valence-electron chi connectivity index (χ2n) is 5.09. The fourth-order valence-corrected chi connectivity index (χ4v) is 2.99. The number of hydrogen-bond donors (Lipinski definition) is 1. The standard InChI is InChI=1S/C14H15ClN2O3/c1-17(8-2-4-20-5-3-8)12-7-11-9(6-10(12)15)13(18)14(19)16-11/h6-8H,2-5H2,1H3,(H,16,18,19). The third-order valence-electron chi connectivity index (χ3n) is 3.90. The summed E-state index contributed by atoms with van der Waals surface area (Å²) in [4.78, 5) is 25.1. The summed E-state index contributed by atoms with van der Waals surface area (Å²) >= 11 is 6.27. The second kappa shape index (κ2) is 5.07. The van der Waals surface area contributed by atoms with Crippen LogP contribution < -0.4 is 10.2 Å². The molecule has 0 bridgehead atoms. The van der Waals surface area contributed by atoms with Crippen LogP contribution in [-0.2, 0) is 9.53 Å². The molecule has 0 aromatic heterocycles. The van der Waals surface area contributed by atoms with Crippen LogP contribution in [0, 0.1) is 0 Å². The Balaban J connectivity index is 1.93. The van der Waals surface area contributed by atoms with Crippen LogP contribution in [0.25, 0.3) is 0 Å². The lowest BCUT2D eigenvalue weighted by molar-refractivity contribution is -0.112. The van der Waals surface area contributed by atoms with Crippen molar-refractivity contribution in [2.45, 2.75) is 18.9 Å². The molecule has 1 fully saturated rings. The molecule has 1 aromatic carbocycles. The molecule has 0 aliphatic carbocycles. The molecule has 0 spiro atoms. The third-order valence-corrected chi connectivity index (χ3v) is 4.21. The fourth-order valence-electron chi connectivity index (χ4n) is 2.69. The van der Waals surface area contributed by atoms with Gasteiger partial charge >= 0.3 is 0 Å². The summed E-state index contributed by atoms with van der Waals surface area (Å²) in [6, 6.07) is 3.70. The highest BCUT2D eigenvalue weighted by Crippen LogP contribution is 2.36. The van der Waals surface area contributed by atoms with E-state index in [1.165, 1.54) is 0 Å². The maximum absolute atomic E-state index is 11.6. The first-order valence-electron chi connectivity index (χ1n) is 6.57. The number of nitrogens with one attached hydrogen (secondary N) is 1. The highest BCUT2D eigenvalue weighted by molar-refractivity contribution is 6.52. The molecule has 2 heterocycles. The minimum Gasteiger partial charge on any atom is -0.381 e. The van der Waals surface area contributed by atoms with Crippen molar-refractivity contribution in [1.82, 2.24) is 0 Å². The number of rotatable bonds is 2. The lowest BCUT2D eigenvalue weighted by Gasteiger charge is -2.33. The van der Waals surface area contributed by atoms with Crippen LogP contribution in [-0.4, -0.2) is 38.0 Å². The first-order valence-corrected chi connectivity index (χ1v) is 6.95. The number of fused-ring (bicyclic) bond motifs is 1. The summed E-state index contributed by atoms with van der Waals surface area (Å²) in [7, 11) is 1.97. The molecule has 2 aliphatic heterocycles. The van der Waals surface area contributed by atoms with E-state index >= 15 is 0 Å². The van der Waals surface area contributed by atoms with Crippen LogP contribution in [0.15, 0.2) is 12.1 Å². The molecule has 1 N–H and O–H groups in total. The largest absolute Gasteiger partial charge is 0.381 e. The first-order chi connectivity index (χ1) is 9.58. The average Bonchev–Trinajstić information content (AvgIpc) is 2.74. The summed E-state index contributed by atoms with van der Waals surface area (Å²) in [6.07, 6.45) is 1.88. The van der Waals surface area contributed by atoms with Crippen LogP contribution in [0.4, 0.5) is 11.4 Å². The molecule has 20 heavy (non-hydrogen) atoms. The predicted octanol–water partition coefficient (Wildman–Crippen LogP) is 2.09. The van der Waals surface area contributed by atoms with Crippen molar-refractivity contribution < 1.29 is 14.3 Å². The number of carbonyl (C=O) groups excluding carboxylic acids is 2. The van der Waals surface area contributed by atoms with Crippen LogP contribution in [0.1, 0.15) is 23.2 Å². The number of Topliss-reactive ketones (excluding diaryl/α,β-unsaturated/α-hetero) is 1. The smallest absolute Gasteiger partial charge is 0.296 e. The molecule has 3 rings (SSSR count). The molecule has 0 radical (unpaired) electrons. The summed E-state index contributed by atoms with van der Waals surface area (Å²) in [5.74, 6) is -1.12. The van der Waals surface area contributed by atoms with E-state index < -0.39 is 11.7 Å². The van der Waals surface area contributed by atoms with Crippen molar-refractivity contribution in [2.24, 2.45) is 0 Å². The molecular weight excluding hydrogens is 280 g/mol. The van der Waals surface area contributed by atoms with Crippen molar-refractivity contribution >= 4 is 34.7 Å². The second-order valence-corrected chi connectivity index (χ2v) is 5.49. The van der Waals surface area contributed by atoms with Gasteiger partial charge in [0.2, 0.25) is 0 Å². The van der Waals surface area contributed by atoms with E-state index in [4.69, 9.17) is 16.3 Å². The number of ketones is 1. The van der Waals surface area contributed by atoms with Gasteiger partial charge in [-0.05, 0) is 25.0 Å². The maximum Gasteiger partial charge on any atom is 0.296 e. The number of nitrogens with zero attached hydrogens (tertiary/aromatic N) is 1. The van der Waals surface area contributed by atoms with Gasteiger partial charge in [-0.2, -0.15) is 0 Å². The Kier molecular flexibility index (Phi) is 3.40. The molecule has 0 unspecified atom stereocenters. The van der Waals surface area contributed by atoms with Crippen molar-refractivity contribution in [2.75, 3.05) is 30.5 Å². The van der Waals surface area contributed by atoms with Crippen molar-refractivity contribution in [3.05, 3.63) is 22.7 Å². The minimum atomic E-state index is -0.595. The number of hydrogen-bond acceptors (Lipinski definition) is 4. The number of anilines is 2. The van der Waals surface area contributed by atoms with Gasteiger partial charge in [0.1, 0.15) is 0 Å². The van der Waals surface area contributed by atoms with E-state index in [9.17, 15) is 9.59 Å². The lowest BCUT2D eigenvalue weighted by atomic mass is 10.1. The average molecular weight is 295 g/mol. The van der Waals surface area contributed by atoms with Crippen molar-refractivity contribution in [1.29, 1.82) is 0 Å². The van der Waals surface area contributed by atoms with Gasteiger partial charge in [-0.15, -0.1) is 0 Å². The van der Waals surface area contributed by atoms with Gasteiger partial charge in [0.05, 0.1) is 22.0 Å². The fraction of sp³-hybridized carbons (Fsp3) is 0.429. The van der Waals surface area contributed by atoms with E-state index in [2.05, 4.69) is 10.2 Å². The molecule has 5 nitrogen and oxygen atoms in total. The van der Waals surface area contributed by atoms with E-state index in [0.717, 1.165) is 31.7 Å². The molecule has 1 aromatic rings. The zero-order valence-corrected chi connectivity index (χ0v) is 11.9. The molecule has 1 saturated heterocycles. The van der Waals surface area contributed by atoms with Gasteiger partial charge in [0.25, 0.3) is 11.7 Å². The number of halogens is 1. The molecular formula is C14H15ClN2O3. The highest BCUT2D eigenvalue weighted by Gasteiger charge is 2.30. The van der Waals surface area contributed by atoms with Gasteiger partial charge in [0.15, 0.2) is 0 Å². The Hall–Kier alpha value is -1.59. The SMILES string of the molecule is CN(c1cc2c(cc1Cl)C(=O)C(=O)N2)C1CCOCC1. The van der Waals surface area contributed by atoms with E-state index in [1.54, 1.807) is 12.1 Å². The lowest BCUT2D eigenvalue weighted by Crippen LogP contribution is -2.36. The van der Waals surface area contributed by atoms with Crippen LogP contribution in [0.2, 0.25) is 5.02 Å². The van der Waals surface area contributed by atoms with E-state index in [1.807, 2.05) is 7.05 Å². The Morgan fingerprint density at radius 2 is 2.00 bits per heavy atom. The predicted molar refractivity (Wildman–Crippen MR) is 76.7 cm³/mol. The zero-order valence-electron chi connectivity index (χ0n) is 11.1. The Bertz CT molecular complexity index is 582. The van der Waals surface area contributed by atoms with Crippen molar-refractivity contribution in [3.8, 4) is 0 Å². The minimum absolute atomic E-state index is 0.351. The summed E-state index contributed by atoms with van der Waals surface area (Å²) in [5.41, 5.74) is 1.72. The summed E-state index contributed by atoms with van der Waals surface area (Å²) in [5, 5.41) is 3.06. The number of ether oxygens (including phenoxy) is 1. The highest BCUT2D eigenvalue weighted by atomic mass is 35.5. The van der Waals surface area contributed by atoms with E-state index in [0.29, 0.717) is 22.3 Å².